The summed E-state index contributed by atoms with van der Waals surface area (Å²) < 4.78 is 0. The average Bonchev–Trinajstić information content (AvgIpc) is 2.77. The van der Waals surface area contributed by atoms with E-state index in [9.17, 15) is 19.7 Å². The van der Waals surface area contributed by atoms with Crippen LogP contribution in [-0.4, -0.2) is 16.7 Å². The fourth-order valence-corrected chi connectivity index (χ4v) is 3.88. The molecule has 0 unspecified atom stereocenters. The van der Waals surface area contributed by atoms with Gasteiger partial charge in [0.05, 0.1) is 11.5 Å². The second kappa shape index (κ2) is 8.80. The molecule has 0 aliphatic carbocycles. The third kappa shape index (κ3) is 4.48. The van der Waals surface area contributed by atoms with E-state index in [-0.39, 0.29) is 17.2 Å². The van der Waals surface area contributed by atoms with Crippen LogP contribution in [0.5, 0.6) is 0 Å². The molecule has 32 heavy (non-hydrogen) atoms. The third-order valence-corrected chi connectivity index (χ3v) is 5.72. The third-order valence-electron chi connectivity index (χ3n) is 5.47. The van der Waals surface area contributed by atoms with Crippen LogP contribution in [0, 0.1) is 17.0 Å². The van der Waals surface area contributed by atoms with Gasteiger partial charge in [-0.05, 0) is 60.4 Å². The molecule has 4 rings (SSSR count). The Hall–Kier alpha value is -3.71. The van der Waals surface area contributed by atoms with Crippen LogP contribution in [0.1, 0.15) is 33.5 Å². The van der Waals surface area contributed by atoms with Gasteiger partial charge in [0.1, 0.15) is 0 Å². The van der Waals surface area contributed by atoms with E-state index in [1.165, 1.54) is 12.1 Å². The minimum Gasteiger partial charge on any atom is -0.322 e. The highest BCUT2D eigenvalue weighted by molar-refractivity contribution is 6.30. The highest BCUT2D eigenvalue weighted by atomic mass is 35.5. The minimum absolute atomic E-state index is 0.0384. The Bertz CT molecular complexity index is 1220. The molecule has 3 aromatic carbocycles. The molecule has 0 saturated carbocycles. The normalized spacial score (nSPS) is 12.9. The average molecular weight is 450 g/mol. The molecule has 2 amide bonds. The summed E-state index contributed by atoms with van der Waals surface area (Å²) in [6, 6.07) is 17.0. The molecule has 162 valence electrons. The second-order valence-corrected chi connectivity index (χ2v) is 8.10. The fraction of sp³-hybridized carbons (Fsp3) is 0.167. The molecule has 0 spiro atoms. The smallest absolute Gasteiger partial charge is 0.270 e. The summed E-state index contributed by atoms with van der Waals surface area (Å²) in [7, 11) is 0. The van der Waals surface area contributed by atoms with Crippen LogP contribution in [0.25, 0.3) is 0 Å². The van der Waals surface area contributed by atoms with Crippen molar-refractivity contribution in [3.05, 3.63) is 98.1 Å². The molecule has 0 radical (unpaired) electrons. The molecular formula is C24H20ClN3O4. The van der Waals surface area contributed by atoms with E-state index >= 15 is 0 Å². The van der Waals surface area contributed by atoms with Gasteiger partial charge in [0.15, 0.2) is 0 Å². The van der Waals surface area contributed by atoms with Gasteiger partial charge in [-0.25, -0.2) is 0 Å². The maximum Gasteiger partial charge on any atom is 0.270 e. The Morgan fingerprint density at radius 3 is 2.56 bits per heavy atom. The number of nitro benzene ring substituents is 1. The molecule has 1 aliphatic rings. The summed E-state index contributed by atoms with van der Waals surface area (Å²) in [6.45, 7) is 2.16. The zero-order valence-corrected chi connectivity index (χ0v) is 18.1. The van der Waals surface area contributed by atoms with E-state index in [2.05, 4.69) is 5.32 Å². The van der Waals surface area contributed by atoms with Gasteiger partial charge < -0.3 is 10.2 Å². The molecule has 3 aromatic rings. The van der Waals surface area contributed by atoms with Crippen LogP contribution in [0.3, 0.4) is 0 Å². The number of anilines is 2. The summed E-state index contributed by atoms with van der Waals surface area (Å²) in [4.78, 5) is 37.6. The van der Waals surface area contributed by atoms with Crippen molar-refractivity contribution in [2.45, 2.75) is 26.3 Å². The van der Waals surface area contributed by atoms with Crippen molar-refractivity contribution < 1.29 is 14.5 Å². The van der Waals surface area contributed by atoms with Crippen LogP contribution in [-0.2, 0) is 17.8 Å². The number of nitrogens with one attached hydrogen (secondary N) is 1. The maximum atomic E-state index is 12.8. The van der Waals surface area contributed by atoms with Crippen molar-refractivity contribution in [1.82, 2.24) is 0 Å². The Morgan fingerprint density at radius 2 is 1.84 bits per heavy atom. The number of hydrogen-bond acceptors (Lipinski definition) is 4. The molecule has 0 aromatic heterocycles. The van der Waals surface area contributed by atoms with Gasteiger partial charge in [-0.1, -0.05) is 29.8 Å². The summed E-state index contributed by atoms with van der Waals surface area (Å²) >= 11 is 5.95. The van der Waals surface area contributed by atoms with E-state index in [4.69, 9.17) is 11.6 Å². The quantitative estimate of drug-likeness (QED) is 0.423. The number of halogens is 1. The van der Waals surface area contributed by atoms with Crippen LogP contribution < -0.4 is 10.2 Å². The van der Waals surface area contributed by atoms with Crippen molar-refractivity contribution in [2.75, 3.05) is 10.2 Å². The molecule has 1 aliphatic heterocycles. The van der Waals surface area contributed by atoms with Crippen LogP contribution >= 0.6 is 11.6 Å². The van der Waals surface area contributed by atoms with Crippen molar-refractivity contribution >= 4 is 40.5 Å². The largest absolute Gasteiger partial charge is 0.322 e. The van der Waals surface area contributed by atoms with E-state index in [0.717, 1.165) is 16.8 Å². The van der Waals surface area contributed by atoms with Crippen molar-refractivity contribution in [2.24, 2.45) is 0 Å². The van der Waals surface area contributed by atoms with E-state index < -0.39 is 10.8 Å². The van der Waals surface area contributed by atoms with Gasteiger partial charge >= 0.3 is 0 Å². The molecule has 0 saturated heterocycles. The molecule has 1 N–H and O–H groups in total. The standard InChI is InChI=1S/C24H20ClN3O4/c1-15-2-9-20(28(31)32)13-21(15)24(30)26-19-8-10-22-17(12-19)5-11-23(29)27(22)14-16-3-6-18(25)7-4-16/h2-4,6-10,12-13H,5,11,14H2,1H3,(H,26,30). The van der Waals surface area contributed by atoms with Crippen molar-refractivity contribution in [3.63, 3.8) is 0 Å². The number of amides is 2. The minimum atomic E-state index is -0.526. The molecule has 1 heterocycles. The molecule has 0 atom stereocenters. The van der Waals surface area contributed by atoms with E-state index in [0.29, 0.717) is 35.7 Å². The maximum absolute atomic E-state index is 12.8. The number of aryl methyl sites for hydroxylation is 2. The molecule has 8 heteroatoms. The number of benzene rings is 3. The summed E-state index contributed by atoms with van der Waals surface area (Å²) in [6.07, 6.45) is 0.951. The number of non-ortho nitro benzene ring substituents is 1. The lowest BCUT2D eigenvalue weighted by molar-refractivity contribution is -0.384. The Kier molecular flexibility index (Phi) is 5.92. The highest BCUT2D eigenvalue weighted by Gasteiger charge is 2.25. The first-order valence-electron chi connectivity index (χ1n) is 10.1. The Balaban J connectivity index is 1.57. The van der Waals surface area contributed by atoms with Gasteiger partial charge in [0, 0.05) is 40.5 Å². The number of rotatable bonds is 5. The van der Waals surface area contributed by atoms with Gasteiger partial charge in [0.25, 0.3) is 11.6 Å². The first-order valence-corrected chi connectivity index (χ1v) is 10.4. The lowest BCUT2D eigenvalue weighted by Gasteiger charge is -2.30. The number of carbonyl (C=O) groups is 2. The monoisotopic (exact) mass is 449 g/mol. The van der Waals surface area contributed by atoms with Crippen molar-refractivity contribution in [3.8, 4) is 0 Å². The molecular weight excluding hydrogens is 430 g/mol. The molecule has 7 nitrogen and oxygen atoms in total. The first kappa shape index (κ1) is 21.5. The first-order chi connectivity index (χ1) is 15.3. The number of carbonyl (C=O) groups excluding carboxylic acids is 2. The summed E-state index contributed by atoms with van der Waals surface area (Å²) in [5, 5.41) is 14.5. The topological polar surface area (TPSA) is 92.5 Å². The fourth-order valence-electron chi connectivity index (χ4n) is 3.75. The number of nitrogens with zero attached hydrogens (tertiary/aromatic N) is 2. The predicted octanol–water partition coefficient (Wildman–Crippen LogP) is 5.29. The zero-order chi connectivity index (χ0) is 22.8. The van der Waals surface area contributed by atoms with Crippen LogP contribution in [0.15, 0.2) is 60.7 Å². The van der Waals surface area contributed by atoms with Crippen LogP contribution in [0.2, 0.25) is 5.02 Å². The number of hydrogen-bond donors (Lipinski definition) is 1. The number of nitro groups is 1. The van der Waals surface area contributed by atoms with Crippen LogP contribution in [0.4, 0.5) is 17.1 Å². The second-order valence-electron chi connectivity index (χ2n) is 7.66. The highest BCUT2D eigenvalue weighted by Crippen LogP contribution is 2.32. The predicted molar refractivity (Wildman–Crippen MR) is 123 cm³/mol. The lowest BCUT2D eigenvalue weighted by atomic mass is 9.99. The number of fused-ring (bicyclic) bond motifs is 1. The molecule has 0 bridgehead atoms. The van der Waals surface area contributed by atoms with Gasteiger partial charge in [-0.15, -0.1) is 0 Å². The lowest BCUT2D eigenvalue weighted by Crippen LogP contribution is -2.34. The van der Waals surface area contributed by atoms with E-state index in [1.54, 1.807) is 36.1 Å². The Morgan fingerprint density at radius 1 is 1.09 bits per heavy atom. The van der Waals surface area contributed by atoms with E-state index in [1.807, 2.05) is 24.3 Å². The van der Waals surface area contributed by atoms with Gasteiger partial charge in [-0.2, -0.15) is 0 Å². The van der Waals surface area contributed by atoms with Crippen molar-refractivity contribution in [1.29, 1.82) is 0 Å². The zero-order valence-electron chi connectivity index (χ0n) is 17.3. The summed E-state index contributed by atoms with van der Waals surface area (Å²) in [5.74, 6) is -0.382. The van der Waals surface area contributed by atoms with Gasteiger partial charge in [-0.3, -0.25) is 19.7 Å². The van der Waals surface area contributed by atoms with Gasteiger partial charge in [0.2, 0.25) is 5.91 Å². The Labute approximate surface area is 189 Å². The SMILES string of the molecule is Cc1ccc([N+](=O)[O-])cc1C(=O)Nc1ccc2c(c1)CCC(=O)N2Cc1ccc(Cl)cc1. The summed E-state index contributed by atoms with van der Waals surface area (Å²) in [5.41, 5.74) is 4.05. The molecule has 0 fully saturated rings.